The first kappa shape index (κ1) is 13.5. The first-order chi connectivity index (χ1) is 10.2. The second kappa shape index (κ2) is 5.50. The second-order valence-corrected chi connectivity index (χ2v) is 5.13. The average Bonchev–Trinajstić information content (AvgIpc) is 2.51. The number of hydrogen-bond acceptors (Lipinski definition) is 3. The maximum absolute atomic E-state index is 12.4. The van der Waals surface area contributed by atoms with Crippen molar-refractivity contribution < 1.29 is 0 Å². The van der Waals surface area contributed by atoms with Crippen molar-refractivity contribution in [2.45, 2.75) is 20.0 Å². The van der Waals surface area contributed by atoms with E-state index >= 15 is 0 Å². The van der Waals surface area contributed by atoms with Gasteiger partial charge in [-0.25, -0.2) is 0 Å². The van der Waals surface area contributed by atoms with Gasteiger partial charge < -0.3 is 10.3 Å². The number of aromatic nitrogens is 2. The quantitative estimate of drug-likeness (QED) is 0.799. The van der Waals surface area contributed by atoms with Crippen molar-refractivity contribution in [2.24, 2.45) is 5.73 Å². The first-order valence-electron chi connectivity index (χ1n) is 6.92. The first-order valence-corrected chi connectivity index (χ1v) is 6.92. The Bertz CT molecular complexity index is 852. The summed E-state index contributed by atoms with van der Waals surface area (Å²) in [6.07, 6.45) is 1.78. The second-order valence-electron chi connectivity index (χ2n) is 5.13. The summed E-state index contributed by atoms with van der Waals surface area (Å²) in [5, 5.41) is 1.08. The molecular weight excluding hydrogens is 262 g/mol. The molecule has 0 saturated carbocycles. The van der Waals surface area contributed by atoms with Gasteiger partial charge in [0.25, 0.3) is 5.56 Å². The Hall–Kier alpha value is -2.46. The zero-order valence-electron chi connectivity index (χ0n) is 11.9. The van der Waals surface area contributed by atoms with Crippen molar-refractivity contribution in [2.75, 3.05) is 0 Å². The highest BCUT2D eigenvalue weighted by molar-refractivity contribution is 5.78. The lowest BCUT2D eigenvalue weighted by molar-refractivity contribution is 0.717. The van der Waals surface area contributed by atoms with Crippen LogP contribution in [0.25, 0.3) is 10.9 Å². The summed E-state index contributed by atoms with van der Waals surface area (Å²) in [4.78, 5) is 16.7. The average molecular weight is 279 g/mol. The molecule has 106 valence electrons. The van der Waals surface area contributed by atoms with E-state index in [0.29, 0.717) is 12.1 Å². The van der Waals surface area contributed by atoms with Crippen LogP contribution in [0.1, 0.15) is 16.8 Å². The Morgan fingerprint density at radius 3 is 2.86 bits per heavy atom. The number of rotatable bonds is 3. The van der Waals surface area contributed by atoms with Gasteiger partial charge in [-0.2, -0.15) is 0 Å². The summed E-state index contributed by atoms with van der Waals surface area (Å²) >= 11 is 0. The van der Waals surface area contributed by atoms with Crippen molar-refractivity contribution in [3.8, 4) is 0 Å². The third-order valence-corrected chi connectivity index (χ3v) is 3.70. The summed E-state index contributed by atoms with van der Waals surface area (Å²) < 4.78 is 1.76. The molecule has 4 heteroatoms. The molecule has 3 aromatic rings. The third kappa shape index (κ3) is 2.58. The number of fused-ring (bicyclic) bond motifs is 1. The van der Waals surface area contributed by atoms with Gasteiger partial charge in [-0.05, 0) is 36.8 Å². The Balaban J connectivity index is 2.04. The van der Waals surface area contributed by atoms with E-state index in [-0.39, 0.29) is 12.1 Å². The molecule has 0 fully saturated rings. The molecule has 0 aliphatic heterocycles. The molecule has 0 aliphatic rings. The largest absolute Gasteiger partial charge is 0.326 e. The normalized spacial score (nSPS) is 11.0. The molecular formula is C17H17N3O. The number of hydrogen-bond donors (Lipinski definition) is 1. The number of nitrogens with zero attached hydrogens (tertiary/aromatic N) is 2. The number of benzene rings is 1. The van der Waals surface area contributed by atoms with E-state index in [9.17, 15) is 4.79 Å². The molecule has 0 aliphatic carbocycles. The van der Waals surface area contributed by atoms with Crippen LogP contribution in [0.5, 0.6) is 0 Å². The van der Waals surface area contributed by atoms with E-state index in [1.165, 1.54) is 0 Å². The Morgan fingerprint density at radius 2 is 2.05 bits per heavy atom. The van der Waals surface area contributed by atoms with Gasteiger partial charge in [-0.1, -0.05) is 18.2 Å². The fourth-order valence-corrected chi connectivity index (χ4v) is 2.47. The lowest BCUT2D eigenvalue weighted by Crippen LogP contribution is -2.27. The molecule has 2 aromatic heterocycles. The highest BCUT2D eigenvalue weighted by atomic mass is 16.1. The highest BCUT2D eigenvalue weighted by Gasteiger charge is 2.06. The molecule has 4 nitrogen and oxygen atoms in total. The maximum Gasteiger partial charge on any atom is 0.255 e. The van der Waals surface area contributed by atoms with Crippen LogP contribution in [0.3, 0.4) is 0 Å². The standard InChI is InChI=1S/C17H17N3O/c1-12-4-6-15(10-18)17(21)20(12)11-13-5-7-16-14(9-13)3-2-8-19-16/h2-9H,10-11,18H2,1H3. The van der Waals surface area contributed by atoms with Gasteiger partial charge in [-0.15, -0.1) is 0 Å². The molecule has 0 radical (unpaired) electrons. The van der Waals surface area contributed by atoms with Crippen LogP contribution in [0.4, 0.5) is 0 Å². The number of nitrogens with two attached hydrogens (primary N) is 1. The summed E-state index contributed by atoms with van der Waals surface area (Å²) in [6, 6.07) is 13.7. The van der Waals surface area contributed by atoms with Gasteiger partial charge in [0.05, 0.1) is 12.1 Å². The highest BCUT2D eigenvalue weighted by Crippen LogP contribution is 2.14. The smallest absolute Gasteiger partial charge is 0.255 e. The zero-order valence-corrected chi connectivity index (χ0v) is 11.9. The number of pyridine rings is 2. The molecule has 0 amide bonds. The van der Waals surface area contributed by atoms with E-state index in [0.717, 1.165) is 22.2 Å². The minimum atomic E-state index is -0.0104. The van der Waals surface area contributed by atoms with Crippen molar-refractivity contribution in [3.05, 3.63) is 75.8 Å². The van der Waals surface area contributed by atoms with Gasteiger partial charge in [0.1, 0.15) is 0 Å². The fraction of sp³-hybridized carbons (Fsp3) is 0.176. The van der Waals surface area contributed by atoms with Gasteiger partial charge in [0, 0.05) is 29.4 Å². The third-order valence-electron chi connectivity index (χ3n) is 3.70. The summed E-state index contributed by atoms with van der Waals surface area (Å²) in [6.45, 7) is 2.74. The van der Waals surface area contributed by atoms with E-state index < -0.39 is 0 Å². The van der Waals surface area contributed by atoms with Crippen molar-refractivity contribution in [1.82, 2.24) is 9.55 Å². The van der Waals surface area contributed by atoms with Gasteiger partial charge in [0.2, 0.25) is 0 Å². The molecule has 3 rings (SSSR count). The van der Waals surface area contributed by atoms with Crippen molar-refractivity contribution in [1.29, 1.82) is 0 Å². The van der Waals surface area contributed by atoms with E-state index in [4.69, 9.17) is 5.73 Å². The zero-order chi connectivity index (χ0) is 14.8. The Kier molecular flexibility index (Phi) is 3.54. The van der Waals surface area contributed by atoms with E-state index in [1.807, 2.05) is 37.3 Å². The predicted octanol–water partition coefficient (Wildman–Crippen LogP) is 2.21. The minimum Gasteiger partial charge on any atom is -0.326 e. The molecule has 2 heterocycles. The van der Waals surface area contributed by atoms with Crippen LogP contribution >= 0.6 is 0 Å². The summed E-state index contributed by atoms with van der Waals surface area (Å²) in [7, 11) is 0. The molecule has 0 saturated heterocycles. The van der Waals surface area contributed by atoms with Crippen molar-refractivity contribution in [3.63, 3.8) is 0 Å². The topological polar surface area (TPSA) is 60.9 Å². The minimum absolute atomic E-state index is 0.0104. The van der Waals surface area contributed by atoms with E-state index in [1.54, 1.807) is 16.8 Å². The molecule has 0 spiro atoms. The molecule has 0 bridgehead atoms. The SMILES string of the molecule is Cc1ccc(CN)c(=O)n1Cc1ccc2ncccc2c1. The Labute approximate surface area is 122 Å². The van der Waals surface area contributed by atoms with Crippen LogP contribution in [-0.4, -0.2) is 9.55 Å². The van der Waals surface area contributed by atoms with Crippen LogP contribution in [0, 0.1) is 6.92 Å². The van der Waals surface area contributed by atoms with Gasteiger partial charge in [0.15, 0.2) is 0 Å². The predicted molar refractivity (Wildman–Crippen MR) is 84.2 cm³/mol. The van der Waals surface area contributed by atoms with Crippen LogP contribution in [0.15, 0.2) is 53.5 Å². The lowest BCUT2D eigenvalue weighted by Gasteiger charge is -2.12. The van der Waals surface area contributed by atoms with Gasteiger partial charge >= 0.3 is 0 Å². The van der Waals surface area contributed by atoms with Crippen LogP contribution < -0.4 is 11.3 Å². The summed E-state index contributed by atoms with van der Waals surface area (Å²) in [5.41, 5.74) is 9.22. The lowest BCUT2D eigenvalue weighted by atomic mass is 10.1. The maximum atomic E-state index is 12.4. The van der Waals surface area contributed by atoms with Crippen molar-refractivity contribution >= 4 is 10.9 Å². The fourth-order valence-electron chi connectivity index (χ4n) is 2.47. The van der Waals surface area contributed by atoms with Crippen LogP contribution in [0.2, 0.25) is 0 Å². The monoisotopic (exact) mass is 279 g/mol. The molecule has 0 unspecified atom stereocenters. The summed E-state index contributed by atoms with van der Waals surface area (Å²) in [5.74, 6) is 0. The molecule has 2 N–H and O–H groups in total. The Morgan fingerprint density at radius 1 is 1.19 bits per heavy atom. The molecule has 21 heavy (non-hydrogen) atoms. The number of aryl methyl sites for hydroxylation is 1. The molecule has 1 aromatic carbocycles. The van der Waals surface area contributed by atoms with Gasteiger partial charge in [-0.3, -0.25) is 9.78 Å². The molecule has 0 atom stereocenters. The van der Waals surface area contributed by atoms with E-state index in [2.05, 4.69) is 11.1 Å². The van der Waals surface area contributed by atoms with Crippen LogP contribution in [-0.2, 0) is 13.1 Å².